The molecule has 0 aromatic heterocycles. The first kappa shape index (κ1) is 24.6. The minimum atomic E-state index is -3.78. The standard InChI is InChI=1S/C25H27ClN2O4S/c1-16(2)22-7-5-6-17(3)25(22)27-24(29)15-32-23-13-12-21(14-18(23)4)33(30,31)28-20-10-8-19(26)9-11-20/h5-14,16,28H,15H2,1-4H3,(H,27,29). The van der Waals surface area contributed by atoms with Crippen LogP contribution in [0, 0.1) is 13.8 Å². The molecule has 0 saturated heterocycles. The van der Waals surface area contributed by atoms with E-state index in [0.717, 1.165) is 16.8 Å². The van der Waals surface area contributed by atoms with Crippen molar-refractivity contribution in [3.8, 4) is 5.75 Å². The normalized spacial score (nSPS) is 11.3. The summed E-state index contributed by atoms with van der Waals surface area (Å²) in [5.74, 6) is 0.413. The molecule has 3 rings (SSSR count). The van der Waals surface area contributed by atoms with Crippen molar-refractivity contribution in [1.29, 1.82) is 0 Å². The number of para-hydroxylation sites is 1. The van der Waals surface area contributed by atoms with E-state index in [1.165, 1.54) is 12.1 Å². The Hall–Kier alpha value is -3.03. The molecule has 1 amide bonds. The van der Waals surface area contributed by atoms with Gasteiger partial charge in [-0.1, -0.05) is 43.6 Å². The van der Waals surface area contributed by atoms with E-state index in [-0.39, 0.29) is 23.3 Å². The van der Waals surface area contributed by atoms with Gasteiger partial charge in [-0.2, -0.15) is 0 Å². The lowest BCUT2D eigenvalue weighted by Crippen LogP contribution is -2.22. The molecule has 0 bridgehead atoms. The molecule has 3 aromatic carbocycles. The summed E-state index contributed by atoms with van der Waals surface area (Å²) in [4.78, 5) is 12.6. The molecule has 8 heteroatoms. The number of carbonyl (C=O) groups excluding carboxylic acids is 1. The highest BCUT2D eigenvalue weighted by Gasteiger charge is 2.17. The molecule has 0 heterocycles. The first-order valence-corrected chi connectivity index (χ1v) is 12.3. The third-order valence-electron chi connectivity index (χ3n) is 5.10. The van der Waals surface area contributed by atoms with Gasteiger partial charge in [-0.15, -0.1) is 0 Å². The van der Waals surface area contributed by atoms with E-state index < -0.39 is 10.0 Å². The summed E-state index contributed by atoms with van der Waals surface area (Å²) in [6, 6.07) is 16.8. The van der Waals surface area contributed by atoms with Gasteiger partial charge in [-0.3, -0.25) is 9.52 Å². The number of hydrogen-bond donors (Lipinski definition) is 2. The Labute approximate surface area is 200 Å². The van der Waals surface area contributed by atoms with E-state index in [9.17, 15) is 13.2 Å². The summed E-state index contributed by atoms with van der Waals surface area (Å²) >= 11 is 5.84. The van der Waals surface area contributed by atoms with Crippen LogP contribution in [0.1, 0.15) is 36.5 Å². The van der Waals surface area contributed by atoms with Gasteiger partial charge >= 0.3 is 0 Å². The second kappa shape index (κ2) is 10.3. The van der Waals surface area contributed by atoms with E-state index in [1.807, 2.05) is 25.1 Å². The van der Waals surface area contributed by atoms with Gasteiger partial charge in [0.1, 0.15) is 5.75 Å². The van der Waals surface area contributed by atoms with Gasteiger partial charge in [-0.05, 0) is 78.9 Å². The molecular formula is C25H27ClN2O4S. The highest BCUT2D eigenvalue weighted by molar-refractivity contribution is 7.92. The smallest absolute Gasteiger partial charge is 0.262 e. The fourth-order valence-corrected chi connectivity index (χ4v) is 4.61. The molecule has 0 atom stereocenters. The number of carbonyl (C=O) groups is 1. The Kier molecular flexibility index (Phi) is 7.66. The van der Waals surface area contributed by atoms with Crippen molar-refractivity contribution in [3.63, 3.8) is 0 Å². The van der Waals surface area contributed by atoms with Crippen LogP contribution in [0.3, 0.4) is 0 Å². The maximum atomic E-state index is 12.7. The van der Waals surface area contributed by atoms with Gasteiger partial charge in [0.2, 0.25) is 0 Å². The van der Waals surface area contributed by atoms with Gasteiger partial charge in [0.25, 0.3) is 15.9 Å². The third-order valence-corrected chi connectivity index (χ3v) is 6.73. The number of nitrogens with one attached hydrogen (secondary N) is 2. The number of rotatable bonds is 8. The number of halogens is 1. The molecule has 33 heavy (non-hydrogen) atoms. The molecule has 174 valence electrons. The van der Waals surface area contributed by atoms with Crippen LogP contribution in [-0.2, 0) is 14.8 Å². The van der Waals surface area contributed by atoms with Crippen LogP contribution in [0.15, 0.2) is 65.6 Å². The predicted octanol–water partition coefficient (Wildman–Crippen LogP) is 5.90. The van der Waals surface area contributed by atoms with Crippen LogP contribution < -0.4 is 14.8 Å². The van der Waals surface area contributed by atoms with E-state index in [4.69, 9.17) is 16.3 Å². The summed E-state index contributed by atoms with van der Waals surface area (Å²) in [7, 11) is -3.78. The molecule has 6 nitrogen and oxygen atoms in total. The summed E-state index contributed by atoms with van der Waals surface area (Å²) < 4.78 is 33.6. The van der Waals surface area contributed by atoms with Crippen LogP contribution in [0.4, 0.5) is 11.4 Å². The maximum absolute atomic E-state index is 12.7. The molecule has 0 unspecified atom stereocenters. The lowest BCUT2D eigenvalue weighted by atomic mass is 9.98. The van der Waals surface area contributed by atoms with Crippen molar-refractivity contribution in [2.75, 3.05) is 16.6 Å². The Bertz CT molecular complexity index is 1260. The van der Waals surface area contributed by atoms with Crippen LogP contribution in [0.25, 0.3) is 0 Å². The van der Waals surface area contributed by atoms with Crippen molar-refractivity contribution in [2.45, 2.75) is 38.5 Å². The number of anilines is 2. The van der Waals surface area contributed by atoms with Gasteiger partial charge in [-0.25, -0.2) is 8.42 Å². The minimum Gasteiger partial charge on any atom is -0.483 e. The average molecular weight is 487 g/mol. The molecular weight excluding hydrogens is 460 g/mol. The summed E-state index contributed by atoms with van der Waals surface area (Å²) in [5.41, 5.74) is 3.84. The number of ether oxygens (including phenoxy) is 1. The number of benzene rings is 3. The molecule has 0 saturated carbocycles. The number of amides is 1. The first-order valence-electron chi connectivity index (χ1n) is 10.5. The van der Waals surface area contributed by atoms with E-state index in [2.05, 4.69) is 23.9 Å². The van der Waals surface area contributed by atoms with Gasteiger partial charge in [0.05, 0.1) is 4.90 Å². The van der Waals surface area contributed by atoms with Gasteiger partial charge < -0.3 is 10.1 Å². The summed E-state index contributed by atoms with van der Waals surface area (Å²) in [5, 5.41) is 3.45. The quantitative estimate of drug-likeness (QED) is 0.415. The Balaban J connectivity index is 1.67. The Morgan fingerprint density at radius 3 is 2.33 bits per heavy atom. The fourth-order valence-electron chi connectivity index (χ4n) is 3.34. The minimum absolute atomic E-state index is 0.0910. The average Bonchev–Trinajstić information content (AvgIpc) is 2.75. The third kappa shape index (κ3) is 6.27. The maximum Gasteiger partial charge on any atom is 0.262 e. The Morgan fingerprint density at radius 1 is 1.00 bits per heavy atom. The second-order valence-corrected chi connectivity index (χ2v) is 10.2. The first-order chi connectivity index (χ1) is 15.6. The van der Waals surface area contributed by atoms with Gasteiger partial charge in [0.15, 0.2) is 6.61 Å². The highest BCUT2D eigenvalue weighted by Crippen LogP contribution is 2.28. The molecule has 3 aromatic rings. The van der Waals surface area contributed by atoms with E-state index in [1.54, 1.807) is 37.3 Å². The van der Waals surface area contributed by atoms with Crippen LogP contribution in [-0.4, -0.2) is 20.9 Å². The van der Waals surface area contributed by atoms with Crippen molar-refractivity contribution < 1.29 is 17.9 Å². The lowest BCUT2D eigenvalue weighted by Gasteiger charge is -2.17. The molecule has 0 aliphatic rings. The van der Waals surface area contributed by atoms with E-state index >= 15 is 0 Å². The molecule has 2 N–H and O–H groups in total. The summed E-state index contributed by atoms with van der Waals surface area (Å²) in [6.45, 7) is 7.63. The topological polar surface area (TPSA) is 84.5 Å². The zero-order valence-corrected chi connectivity index (χ0v) is 20.5. The number of aryl methyl sites for hydroxylation is 2. The van der Waals surface area contributed by atoms with Crippen molar-refractivity contribution in [1.82, 2.24) is 0 Å². The number of hydrogen-bond acceptors (Lipinski definition) is 4. The lowest BCUT2D eigenvalue weighted by molar-refractivity contribution is -0.118. The SMILES string of the molecule is Cc1cc(S(=O)(=O)Nc2ccc(Cl)cc2)ccc1OCC(=O)Nc1c(C)cccc1C(C)C. The zero-order valence-electron chi connectivity index (χ0n) is 19.0. The van der Waals surface area contributed by atoms with Crippen molar-refractivity contribution in [2.24, 2.45) is 0 Å². The molecule has 0 aliphatic carbocycles. The summed E-state index contributed by atoms with van der Waals surface area (Å²) in [6.07, 6.45) is 0. The second-order valence-electron chi connectivity index (χ2n) is 8.07. The van der Waals surface area contributed by atoms with Crippen LogP contribution >= 0.6 is 11.6 Å². The van der Waals surface area contributed by atoms with Crippen LogP contribution in [0.5, 0.6) is 5.75 Å². The van der Waals surface area contributed by atoms with Crippen molar-refractivity contribution >= 4 is 38.9 Å². The Morgan fingerprint density at radius 2 is 1.70 bits per heavy atom. The fraction of sp³-hybridized carbons (Fsp3) is 0.240. The molecule has 0 spiro atoms. The molecule has 0 radical (unpaired) electrons. The van der Waals surface area contributed by atoms with Crippen molar-refractivity contribution in [3.05, 3.63) is 82.4 Å². The highest BCUT2D eigenvalue weighted by atomic mass is 35.5. The monoisotopic (exact) mass is 486 g/mol. The number of sulfonamides is 1. The predicted molar refractivity (Wildman–Crippen MR) is 133 cm³/mol. The van der Waals surface area contributed by atoms with E-state index in [0.29, 0.717) is 22.0 Å². The molecule has 0 fully saturated rings. The van der Waals surface area contributed by atoms with Gasteiger partial charge in [0, 0.05) is 16.4 Å². The molecule has 0 aliphatic heterocycles. The van der Waals surface area contributed by atoms with Crippen LogP contribution in [0.2, 0.25) is 5.02 Å². The zero-order chi connectivity index (χ0) is 24.2. The largest absolute Gasteiger partial charge is 0.483 e.